The minimum Gasteiger partial charge on any atom is -0.469 e. The molecule has 0 spiro atoms. The molecule has 1 aromatic heterocycles. The maximum atomic E-state index is 12.8. The molecule has 0 aliphatic rings. The van der Waals surface area contributed by atoms with E-state index >= 15 is 0 Å². The minimum absolute atomic E-state index is 0. The van der Waals surface area contributed by atoms with E-state index in [2.05, 4.69) is 15.6 Å². The first kappa shape index (κ1) is 18.5. The highest BCUT2D eigenvalue weighted by molar-refractivity contribution is 14.0. The average Bonchev–Trinajstić information content (AvgIpc) is 3.01. The molecule has 2 N–H and O–H groups in total. The van der Waals surface area contributed by atoms with Crippen molar-refractivity contribution in [2.45, 2.75) is 12.8 Å². The predicted molar refractivity (Wildman–Crippen MR) is 97.3 cm³/mol. The highest BCUT2D eigenvalue weighted by atomic mass is 127. The van der Waals surface area contributed by atoms with Crippen LogP contribution in [0.5, 0.6) is 0 Å². The minimum atomic E-state index is -0.206. The number of hydrogen-bond donors (Lipinski definition) is 2. The monoisotopic (exact) mass is 417 g/mol. The van der Waals surface area contributed by atoms with Crippen LogP contribution in [-0.2, 0) is 12.8 Å². The zero-order valence-electron chi connectivity index (χ0n) is 12.5. The second kappa shape index (κ2) is 10.2. The van der Waals surface area contributed by atoms with E-state index in [4.69, 9.17) is 4.42 Å². The number of aliphatic imine (C=N–C) groups is 1. The molecule has 1 aromatic carbocycles. The van der Waals surface area contributed by atoms with Crippen LogP contribution < -0.4 is 10.6 Å². The highest BCUT2D eigenvalue weighted by Gasteiger charge is 2.00. The Balaban J connectivity index is 0.00000242. The van der Waals surface area contributed by atoms with Gasteiger partial charge in [0.2, 0.25) is 0 Å². The lowest BCUT2D eigenvalue weighted by atomic mass is 10.1. The predicted octanol–water partition coefficient (Wildman–Crippen LogP) is 2.99. The van der Waals surface area contributed by atoms with E-state index < -0.39 is 0 Å². The first-order valence-corrected chi connectivity index (χ1v) is 6.99. The van der Waals surface area contributed by atoms with Crippen molar-refractivity contribution < 1.29 is 8.81 Å². The van der Waals surface area contributed by atoms with Gasteiger partial charge in [0.1, 0.15) is 11.6 Å². The van der Waals surface area contributed by atoms with Crippen LogP contribution in [-0.4, -0.2) is 26.1 Å². The number of guanidine groups is 1. The first-order valence-electron chi connectivity index (χ1n) is 6.99. The maximum absolute atomic E-state index is 12.8. The van der Waals surface area contributed by atoms with Gasteiger partial charge in [0.15, 0.2) is 5.96 Å². The van der Waals surface area contributed by atoms with E-state index in [1.54, 1.807) is 25.4 Å². The summed E-state index contributed by atoms with van der Waals surface area (Å²) in [7, 11) is 1.74. The van der Waals surface area contributed by atoms with Crippen LogP contribution in [0.15, 0.2) is 52.1 Å². The molecule has 1 heterocycles. The Bertz CT molecular complexity index is 555. The SMILES string of the molecule is CN=C(NCCc1ccc(F)cc1)NCCc1ccco1.I. The summed E-state index contributed by atoms with van der Waals surface area (Å²) in [6.45, 7) is 1.50. The molecule has 2 aromatic rings. The number of furan rings is 1. The fraction of sp³-hybridized carbons (Fsp3) is 0.312. The van der Waals surface area contributed by atoms with Crippen molar-refractivity contribution in [2.24, 2.45) is 4.99 Å². The second-order valence-corrected chi connectivity index (χ2v) is 4.63. The Morgan fingerprint density at radius 3 is 2.36 bits per heavy atom. The summed E-state index contributed by atoms with van der Waals surface area (Å²) in [5.41, 5.74) is 1.09. The smallest absolute Gasteiger partial charge is 0.191 e. The summed E-state index contributed by atoms with van der Waals surface area (Å²) in [5.74, 6) is 1.50. The van der Waals surface area contributed by atoms with Crippen molar-refractivity contribution >= 4 is 29.9 Å². The number of rotatable bonds is 6. The van der Waals surface area contributed by atoms with Crippen LogP contribution in [0, 0.1) is 5.82 Å². The van der Waals surface area contributed by atoms with E-state index in [1.165, 1.54) is 12.1 Å². The van der Waals surface area contributed by atoms with Gasteiger partial charge in [-0.15, -0.1) is 24.0 Å². The molecule has 0 unspecified atom stereocenters. The van der Waals surface area contributed by atoms with E-state index in [0.29, 0.717) is 0 Å². The number of nitrogens with one attached hydrogen (secondary N) is 2. The number of nitrogens with zero attached hydrogens (tertiary/aromatic N) is 1. The van der Waals surface area contributed by atoms with Crippen molar-refractivity contribution in [3.05, 3.63) is 59.8 Å². The van der Waals surface area contributed by atoms with Gasteiger partial charge in [-0.25, -0.2) is 4.39 Å². The van der Waals surface area contributed by atoms with Crippen molar-refractivity contribution in [3.8, 4) is 0 Å². The van der Waals surface area contributed by atoms with Crippen LogP contribution >= 0.6 is 24.0 Å². The van der Waals surface area contributed by atoms with Crippen LogP contribution in [0.25, 0.3) is 0 Å². The van der Waals surface area contributed by atoms with Crippen LogP contribution in [0.2, 0.25) is 0 Å². The van der Waals surface area contributed by atoms with Gasteiger partial charge in [-0.3, -0.25) is 4.99 Å². The van der Waals surface area contributed by atoms with E-state index in [1.807, 2.05) is 12.1 Å². The largest absolute Gasteiger partial charge is 0.469 e. The Morgan fingerprint density at radius 2 is 1.77 bits per heavy atom. The third-order valence-corrected chi connectivity index (χ3v) is 3.09. The normalized spacial score (nSPS) is 10.9. The Hall–Kier alpha value is -1.57. The Morgan fingerprint density at radius 1 is 1.09 bits per heavy atom. The molecule has 120 valence electrons. The molecule has 0 amide bonds. The fourth-order valence-electron chi connectivity index (χ4n) is 1.96. The van der Waals surface area contributed by atoms with Crippen LogP contribution in [0.3, 0.4) is 0 Å². The maximum Gasteiger partial charge on any atom is 0.191 e. The van der Waals surface area contributed by atoms with E-state index in [-0.39, 0.29) is 29.8 Å². The Kier molecular flexibility index (Phi) is 8.57. The van der Waals surface area contributed by atoms with Gasteiger partial charge in [0, 0.05) is 26.6 Å². The lowest BCUT2D eigenvalue weighted by Crippen LogP contribution is -2.39. The summed E-state index contributed by atoms with van der Waals surface area (Å²) in [4.78, 5) is 4.16. The van der Waals surface area contributed by atoms with Crippen LogP contribution in [0.1, 0.15) is 11.3 Å². The fourth-order valence-corrected chi connectivity index (χ4v) is 1.96. The number of benzene rings is 1. The number of halogens is 2. The summed E-state index contributed by atoms with van der Waals surface area (Å²) in [5, 5.41) is 6.45. The second-order valence-electron chi connectivity index (χ2n) is 4.63. The summed E-state index contributed by atoms with van der Waals surface area (Å²) < 4.78 is 18.1. The molecule has 0 aliphatic heterocycles. The molecule has 6 heteroatoms. The van der Waals surface area contributed by atoms with Gasteiger partial charge in [0.25, 0.3) is 0 Å². The zero-order chi connectivity index (χ0) is 14.9. The van der Waals surface area contributed by atoms with Gasteiger partial charge in [-0.1, -0.05) is 12.1 Å². The molecule has 0 fully saturated rings. The van der Waals surface area contributed by atoms with Crippen molar-refractivity contribution in [1.29, 1.82) is 0 Å². The molecule has 22 heavy (non-hydrogen) atoms. The van der Waals surface area contributed by atoms with E-state index in [0.717, 1.165) is 43.2 Å². The zero-order valence-corrected chi connectivity index (χ0v) is 14.8. The van der Waals surface area contributed by atoms with Crippen molar-refractivity contribution in [3.63, 3.8) is 0 Å². The molecule has 0 saturated carbocycles. The molecule has 0 atom stereocenters. The van der Waals surface area contributed by atoms with Crippen molar-refractivity contribution in [1.82, 2.24) is 10.6 Å². The molecule has 0 aliphatic carbocycles. The lowest BCUT2D eigenvalue weighted by Gasteiger charge is -2.11. The first-order chi connectivity index (χ1) is 10.3. The molecular formula is C16H21FIN3O. The molecule has 4 nitrogen and oxygen atoms in total. The summed E-state index contributed by atoms with van der Waals surface area (Å²) in [6.07, 6.45) is 3.30. The standard InChI is InChI=1S/C16H20FN3O.HI/c1-18-16(20-11-9-15-3-2-12-21-15)19-10-8-13-4-6-14(17)7-5-13;/h2-7,12H,8-11H2,1H3,(H2,18,19,20);1H. The van der Waals surface area contributed by atoms with Crippen molar-refractivity contribution in [2.75, 3.05) is 20.1 Å². The third kappa shape index (κ3) is 6.46. The molecule has 0 saturated heterocycles. The molecular weight excluding hydrogens is 396 g/mol. The van der Waals surface area contributed by atoms with Gasteiger partial charge in [-0.05, 0) is 36.2 Å². The lowest BCUT2D eigenvalue weighted by molar-refractivity contribution is 0.507. The molecule has 0 radical (unpaired) electrons. The Labute approximate surface area is 147 Å². The summed E-state index contributed by atoms with van der Waals surface area (Å²) in [6, 6.07) is 10.4. The van der Waals surface area contributed by atoms with Gasteiger partial charge in [-0.2, -0.15) is 0 Å². The van der Waals surface area contributed by atoms with E-state index in [9.17, 15) is 4.39 Å². The number of hydrogen-bond acceptors (Lipinski definition) is 2. The molecule has 0 bridgehead atoms. The quantitative estimate of drug-likeness (QED) is 0.432. The van der Waals surface area contributed by atoms with Gasteiger partial charge in [0.05, 0.1) is 6.26 Å². The van der Waals surface area contributed by atoms with Gasteiger partial charge < -0.3 is 15.1 Å². The van der Waals surface area contributed by atoms with Gasteiger partial charge >= 0.3 is 0 Å². The third-order valence-electron chi connectivity index (χ3n) is 3.09. The summed E-state index contributed by atoms with van der Waals surface area (Å²) >= 11 is 0. The average molecular weight is 417 g/mol. The van der Waals surface area contributed by atoms with Crippen LogP contribution in [0.4, 0.5) is 4.39 Å². The topological polar surface area (TPSA) is 49.6 Å². The molecule has 2 rings (SSSR count). The highest BCUT2D eigenvalue weighted by Crippen LogP contribution is 2.02.